The molecule has 0 N–H and O–H groups in total. The number of ether oxygens (including phenoxy) is 1. The van der Waals surface area contributed by atoms with E-state index in [1.807, 2.05) is 60.7 Å². The van der Waals surface area contributed by atoms with Crippen LogP contribution in [-0.4, -0.2) is 56.3 Å². The molecule has 1 saturated heterocycles. The standard InChI is InChI=1S/C21H22N2O4S/c24-21(19-14-18-8-4-5-9-20(18)27-15-19)22-10-12-23(13-11-22)28(25,26)16-17-6-2-1-3-7-17/h1-9,14H,10-13,15-16H2. The molecule has 0 aliphatic carbocycles. The normalized spacial score (nSPS) is 17.4. The number of benzene rings is 2. The first-order valence-corrected chi connectivity index (χ1v) is 10.9. The lowest BCUT2D eigenvalue weighted by atomic mass is 10.1. The maximum absolute atomic E-state index is 12.8. The molecule has 4 rings (SSSR count). The number of carbonyl (C=O) groups is 1. The number of hydrogen-bond acceptors (Lipinski definition) is 4. The van der Waals surface area contributed by atoms with Crippen molar-refractivity contribution >= 4 is 22.0 Å². The lowest BCUT2D eigenvalue weighted by Gasteiger charge is -2.34. The minimum Gasteiger partial charge on any atom is -0.488 e. The topological polar surface area (TPSA) is 66.9 Å². The molecule has 7 heteroatoms. The first-order chi connectivity index (χ1) is 13.5. The second kappa shape index (κ2) is 7.77. The largest absolute Gasteiger partial charge is 0.488 e. The van der Waals surface area contributed by atoms with E-state index in [0.717, 1.165) is 16.9 Å². The van der Waals surface area contributed by atoms with Gasteiger partial charge in [0.1, 0.15) is 12.4 Å². The van der Waals surface area contributed by atoms with Gasteiger partial charge in [0.25, 0.3) is 5.91 Å². The Hall–Kier alpha value is -2.64. The van der Waals surface area contributed by atoms with E-state index in [9.17, 15) is 13.2 Å². The molecule has 28 heavy (non-hydrogen) atoms. The van der Waals surface area contributed by atoms with Gasteiger partial charge in [0.2, 0.25) is 10.0 Å². The highest BCUT2D eigenvalue weighted by Crippen LogP contribution is 2.26. The summed E-state index contributed by atoms with van der Waals surface area (Å²) >= 11 is 0. The molecule has 0 radical (unpaired) electrons. The number of para-hydroxylation sites is 1. The molecule has 2 aliphatic heterocycles. The third-order valence-electron chi connectivity index (χ3n) is 5.02. The smallest absolute Gasteiger partial charge is 0.253 e. The Labute approximate surface area is 165 Å². The highest BCUT2D eigenvalue weighted by atomic mass is 32.2. The third-order valence-corrected chi connectivity index (χ3v) is 6.87. The molecule has 0 spiro atoms. The number of carbonyl (C=O) groups excluding carboxylic acids is 1. The second-order valence-electron chi connectivity index (χ2n) is 6.93. The monoisotopic (exact) mass is 398 g/mol. The number of rotatable bonds is 4. The van der Waals surface area contributed by atoms with Crippen LogP contribution in [0.15, 0.2) is 60.2 Å². The number of nitrogens with zero attached hydrogens (tertiary/aromatic N) is 2. The van der Waals surface area contributed by atoms with Crippen molar-refractivity contribution in [2.24, 2.45) is 0 Å². The van der Waals surface area contributed by atoms with Gasteiger partial charge in [0.05, 0.1) is 11.3 Å². The number of amides is 1. The Morgan fingerprint density at radius 3 is 2.36 bits per heavy atom. The molecule has 0 saturated carbocycles. The first kappa shape index (κ1) is 18.7. The van der Waals surface area contributed by atoms with E-state index in [-0.39, 0.29) is 18.3 Å². The van der Waals surface area contributed by atoms with Crippen LogP contribution in [0.25, 0.3) is 6.08 Å². The van der Waals surface area contributed by atoms with Crippen molar-refractivity contribution in [2.75, 3.05) is 32.8 Å². The van der Waals surface area contributed by atoms with Crippen molar-refractivity contribution in [1.29, 1.82) is 0 Å². The molecule has 2 aliphatic rings. The Morgan fingerprint density at radius 2 is 1.61 bits per heavy atom. The van der Waals surface area contributed by atoms with Crippen LogP contribution in [0.4, 0.5) is 0 Å². The van der Waals surface area contributed by atoms with Crippen molar-refractivity contribution in [3.63, 3.8) is 0 Å². The van der Waals surface area contributed by atoms with Crippen LogP contribution >= 0.6 is 0 Å². The van der Waals surface area contributed by atoms with Gasteiger partial charge in [-0.25, -0.2) is 8.42 Å². The van der Waals surface area contributed by atoms with E-state index >= 15 is 0 Å². The Morgan fingerprint density at radius 1 is 0.929 bits per heavy atom. The fourth-order valence-corrected chi connectivity index (χ4v) is 5.00. The van der Waals surface area contributed by atoms with E-state index in [2.05, 4.69) is 0 Å². The molecular formula is C21H22N2O4S. The third kappa shape index (κ3) is 3.95. The Bertz CT molecular complexity index is 994. The Balaban J connectivity index is 1.39. The number of piperazine rings is 1. The summed E-state index contributed by atoms with van der Waals surface area (Å²) in [7, 11) is -3.39. The van der Waals surface area contributed by atoms with Gasteiger partial charge in [-0.05, 0) is 17.7 Å². The van der Waals surface area contributed by atoms with E-state index in [0.29, 0.717) is 31.8 Å². The molecule has 2 aromatic rings. The van der Waals surface area contributed by atoms with Crippen molar-refractivity contribution < 1.29 is 17.9 Å². The molecule has 0 atom stereocenters. The lowest BCUT2D eigenvalue weighted by Crippen LogP contribution is -2.51. The van der Waals surface area contributed by atoms with Gasteiger partial charge in [-0.15, -0.1) is 0 Å². The van der Waals surface area contributed by atoms with Crippen LogP contribution < -0.4 is 4.74 Å². The van der Waals surface area contributed by atoms with Gasteiger partial charge in [0.15, 0.2) is 0 Å². The van der Waals surface area contributed by atoms with E-state index in [1.165, 1.54) is 4.31 Å². The summed E-state index contributed by atoms with van der Waals surface area (Å²) in [5, 5.41) is 0. The number of fused-ring (bicyclic) bond motifs is 1. The summed E-state index contributed by atoms with van der Waals surface area (Å²) < 4.78 is 32.5. The number of sulfonamides is 1. The minimum absolute atomic E-state index is 0.0163. The van der Waals surface area contributed by atoms with Gasteiger partial charge >= 0.3 is 0 Å². The van der Waals surface area contributed by atoms with E-state index < -0.39 is 10.0 Å². The number of hydrogen-bond donors (Lipinski definition) is 0. The molecule has 146 valence electrons. The molecule has 0 aromatic heterocycles. The van der Waals surface area contributed by atoms with Crippen LogP contribution in [0.5, 0.6) is 5.75 Å². The fraction of sp³-hybridized carbons (Fsp3) is 0.286. The van der Waals surface area contributed by atoms with Gasteiger partial charge in [-0.1, -0.05) is 48.5 Å². The van der Waals surface area contributed by atoms with Crippen molar-refractivity contribution in [3.05, 3.63) is 71.3 Å². The van der Waals surface area contributed by atoms with E-state index in [1.54, 1.807) is 4.90 Å². The summed E-state index contributed by atoms with van der Waals surface area (Å²) in [6.07, 6.45) is 1.86. The first-order valence-electron chi connectivity index (χ1n) is 9.26. The maximum Gasteiger partial charge on any atom is 0.253 e. The van der Waals surface area contributed by atoms with Crippen LogP contribution in [0.3, 0.4) is 0 Å². The van der Waals surface area contributed by atoms with Gasteiger partial charge in [-0.3, -0.25) is 4.79 Å². The summed E-state index contributed by atoms with van der Waals surface area (Å²) in [5.41, 5.74) is 2.25. The zero-order valence-corrected chi connectivity index (χ0v) is 16.3. The average molecular weight is 398 g/mol. The maximum atomic E-state index is 12.8. The molecule has 2 aromatic carbocycles. The van der Waals surface area contributed by atoms with Crippen molar-refractivity contribution in [1.82, 2.24) is 9.21 Å². The Kier molecular flexibility index (Phi) is 5.19. The zero-order chi connectivity index (χ0) is 19.6. The predicted octanol–water partition coefficient (Wildman–Crippen LogP) is 2.14. The van der Waals surface area contributed by atoms with Crippen molar-refractivity contribution in [2.45, 2.75) is 5.75 Å². The highest BCUT2D eigenvalue weighted by Gasteiger charge is 2.30. The van der Waals surface area contributed by atoms with Gasteiger partial charge in [-0.2, -0.15) is 4.31 Å². The van der Waals surface area contributed by atoms with Gasteiger partial charge in [0, 0.05) is 31.7 Å². The lowest BCUT2D eigenvalue weighted by molar-refractivity contribution is -0.128. The zero-order valence-electron chi connectivity index (χ0n) is 15.5. The average Bonchev–Trinajstić information content (AvgIpc) is 2.73. The van der Waals surface area contributed by atoms with Crippen molar-refractivity contribution in [3.8, 4) is 5.75 Å². The molecular weight excluding hydrogens is 376 g/mol. The fourth-order valence-electron chi connectivity index (χ4n) is 3.49. The highest BCUT2D eigenvalue weighted by molar-refractivity contribution is 7.88. The second-order valence-corrected chi connectivity index (χ2v) is 8.90. The summed E-state index contributed by atoms with van der Waals surface area (Å²) in [6, 6.07) is 16.7. The summed E-state index contributed by atoms with van der Waals surface area (Å²) in [5.74, 6) is 0.669. The summed E-state index contributed by atoms with van der Waals surface area (Å²) in [4.78, 5) is 14.5. The predicted molar refractivity (Wildman–Crippen MR) is 107 cm³/mol. The molecule has 0 bridgehead atoms. The van der Waals surface area contributed by atoms with Gasteiger partial charge < -0.3 is 9.64 Å². The SMILES string of the molecule is O=C(C1=Cc2ccccc2OC1)N1CCN(S(=O)(=O)Cc2ccccc2)CC1. The van der Waals surface area contributed by atoms with Crippen LogP contribution in [0, 0.1) is 0 Å². The minimum atomic E-state index is -3.39. The molecule has 1 fully saturated rings. The molecule has 0 unspecified atom stereocenters. The molecule has 6 nitrogen and oxygen atoms in total. The van der Waals surface area contributed by atoms with Crippen LogP contribution in [-0.2, 0) is 20.6 Å². The van der Waals surface area contributed by atoms with Crippen LogP contribution in [0.2, 0.25) is 0 Å². The quantitative estimate of drug-likeness (QED) is 0.791. The van der Waals surface area contributed by atoms with E-state index in [4.69, 9.17) is 4.74 Å². The summed E-state index contributed by atoms with van der Waals surface area (Å²) in [6.45, 7) is 1.62. The molecule has 1 amide bonds. The molecule has 2 heterocycles. The van der Waals surface area contributed by atoms with Crippen LogP contribution in [0.1, 0.15) is 11.1 Å².